The van der Waals surface area contributed by atoms with Crippen LogP contribution in [-0.2, 0) is 6.42 Å². The van der Waals surface area contributed by atoms with Gasteiger partial charge in [0, 0.05) is 37.3 Å². The first kappa shape index (κ1) is 18.3. The molecular formula is C24H28N2O3. The van der Waals surface area contributed by atoms with E-state index in [1.807, 2.05) is 6.07 Å². The third-order valence-corrected chi connectivity index (χ3v) is 6.99. The number of aryl methyl sites for hydroxylation is 2. The van der Waals surface area contributed by atoms with Gasteiger partial charge in [-0.05, 0) is 84.7 Å². The Morgan fingerprint density at radius 3 is 2.79 bits per heavy atom. The fraction of sp³-hybridized carbons (Fsp3) is 0.458. The van der Waals surface area contributed by atoms with Crippen molar-refractivity contribution < 1.29 is 14.6 Å². The molecule has 3 heterocycles. The predicted molar refractivity (Wildman–Crippen MR) is 114 cm³/mol. The topological polar surface area (TPSA) is 53.0 Å². The van der Waals surface area contributed by atoms with Crippen LogP contribution < -0.4 is 9.64 Å². The average Bonchev–Trinajstić information content (AvgIpc) is 2.88. The molecule has 1 saturated heterocycles. The predicted octanol–water partition coefficient (Wildman–Crippen LogP) is 4.66. The molecular weight excluding hydrogens is 364 g/mol. The van der Waals surface area contributed by atoms with Gasteiger partial charge in [0.05, 0.1) is 7.11 Å². The maximum atomic E-state index is 11.6. The Balaban J connectivity index is 1.63. The molecule has 29 heavy (non-hydrogen) atoms. The van der Waals surface area contributed by atoms with Crippen LogP contribution in [0, 0.1) is 6.92 Å². The molecule has 1 fully saturated rings. The van der Waals surface area contributed by atoms with Gasteiger partial charge < -0.3 is 19.6 Å². The number of amides is 1. The van der Waals surface area contributed by atoms with E-state index in [1.54, 1.807) is 12.0 Å². The highest BCUT2D eigenvalue weighted by molar-refractivity contribution is 5.78. The van der Waals surface area contributed by atoms with Gasteiger partial charge in [-0.15, -0.1) is 0 Å². The second kappa shape index (κ2) is 6.97. The number of ether oxygens (including phenoxy) is 1. The highest BCUT2D eigenvalue weighted by Crippen LogP contribution is 2.49. The van der Waals surface area contributed by atoms with Crippen LogP contribution in [0.3, 0.4) is 0 Å². The Morgan fingerprint density at radius 1 is 1.17 bits per heavy atom. The largest absolute Gasteiger partial charge is 0.497 e. The number of carbonyl (C=O) groups is 1. The van der Waals surface area contributed by atoms with Crippen molar-refractivity contribution in [2.75, 3.05) is 31.6 Å². The van der Waals surface area contributed by atoms with Gasteiger partial charge in [0.1, 0.15) is 5.75 Å². The number of piperidine rings is 1. The maximum absolute atomic E-state index is 11.6. The summed E-state index contributed by atoms with van der Waals surface area (Å²) in [7, 11) is 1.70. The summed E-state index contributed by atoms with van der Waals surface area (Å²) in [5.74, 6) is 1.14. The van der Waals surface area contributed by atoms with Crippen molar-refractivity contribution in [3.05, 3.63) is 47.0 Å². The number of hydrogen-bond acceptors (Lipinski definition) is 3. The van der Waals surface area contributed by atoms with Crippen LogP contribution in [0.1, 0.15) is 41.9 Å². The number of nitrogens with zero attached hydrogens (tertiary/aromatic N) is 2. The first-order valence-electron chi connectivity index (χ1n) is 10.6. The SMILES string of the molecule is COc1ccc(-c2cc3c4c(c2)[C@@H]2CN(C(=O)O)CC[C@@H]2N4CCCC3)c(C)c1. The van der Waals surface area contributed by atoms with E-state index in [2.05, 4.69) is 36.1 Å². The lowest BCUT2D eigenvalue weighted by atomic mass is 9.86. The van der Waals surface area contributed by atoms with Crippen LogP contribution in [0.15, 0.2) is 30.3 Å². The van der Waals surface area contributed by atoms with Gasteiger partial charge in [0.15, 0.2) is 0 Å². The van der Waals surface area contributed by atoms with Crippen LogP contribution in [0.2, 0.25) is 0 Å². The summed E-state index contributed by atoms with van der Waals surface area (Å²) >= 11 is 0. The molecule has 0 radical (unpaired) electrons. The molecule has 3 aliphatic heterocycles. The lowest BCUT2D eigenvalue weighted by Gasteiger charge is -2.37. The number of methoxy groups -OCH3 is 1. The lowest BCUT2D eigenvalue weighted by Crippen LogP contribution is -2.48. The Hall–Kier alpha value is -2.69. The van der Waals surface area contributed by atoms with E-state index in [0.717, 1.165) is 25.1 Å². The second-order valence-corrected chi connectivity index (χ2v) is 8.60. The molecule has 0 aliphatic carbocycles. The normalized spacial score (nSPS) is 22.7. The number of rotatable bonds is 2. The molecule has 0 saturated carbocycles. The van der Waals surface area contributed by atoms with Gasteiger partial charge in [-0.1, -0.05) is 6.07 Å². The Labute approximate surface area is 171 Å². The van der Waals surface area contributed by atoms with Crippen LogP contribution in [0.5, 0.6) is 5.75 Å². The average molecular weight is 392 g/mol. The van der Waals surface area contributed by atoms with Gasteiger partial charge in [0.2, 0.25) is 0 Å². The molecule has 5 rings (SSSR count). The minimum absolute atomic E-state index is 0.269. The Morgan fingerprint density at radius 2 is 2.03 bits per heavy atom. The second-order valence-electron chi connectivity index (χ2n) is 8.60. The molecule has 0 spiro atoms. The lowest BCUT2D eigenvalue weighted by molar-refractivity contribution is 0.127. The van der Waals surface area contributed by atoms with Crippen molar-refractivity contribution in [3.8, 4) is 16.9 Å². The van der Waals surface area contributed by atoms with Gasteiger partial charge in [-0.2, -0.15) is 0 Å². The van der Waals surface area contributed by atoms with Crippen LogP contribution >= 0.6 is 0 Å². The minimum Gasteiger partial charge on any atom is -0.497 e. The third kappa shape index (κ3) is 2.95. The fourth-order valence-electron chi connectivity index (χ4n) is 5.62. The monoisotopic (exact) mass is 392 g/mol. The standard InChI is InChI=1S/C24H28N2O3/c1-15-11-18(29-2)6-7-19(15)17-12-16-5-3-4-9-26-22-8-10-25(24(27)28)14-21(22)20(13-17)23(16)26/h6-7,11-13,21-22H,3-5,8-10,14H2,1-2H3,(H,27,28)/t21-,22-/m0/s1. The van der Waals surface area contributed by atoms with Crippen LogP contribution in [0.25, 0.3) is 11.1 Å². The van der Waals surface area contributed by atoms with Crippen molar-refractivity contribution >= 4 is 11.8 Å². The van der Waals surface area contributed by atoms with E-state index < -0.39 is 6.09 Å². The summed E-state index contributed by atoms with van der Waals surface area (Å²) in [6.07, 6.45) is 3.65. The Kier molecular flexibility index (Phi) is 4.41. The number of likely N-dealkylation sites (tertiary alicyclic amines) is 1. The first-order valence-corrected chi connectivity index (χ1v) is 10.6. The van der Waals surface area contributed by atoms with Crippen molar-refractivity contribution in [1.82, 2.24) is 4.90 Å². The van der Waals surface area contributed by atoms with Gasteiger partial charge in [-0.3, -0.25) is 0 Å². The van der Waals surface area contributed by atoms with Crippen molar-refractivity contribution in [1.29, 1.82) is 0 Å². The number of hydrogen-bond donors (Lipinski definition) is 1. The smallest absolute Gasteiger partial charge is 0.407 e. The molecule has 0 unspecified atom stereocenters. The summed E-state index contributed by atoms with van der Waals surface area (Å²) in [5.41, 5.74) is 7.86. The molecule has 2 aromatic rings. The van der Waals surface area contributed by atoms with Gasteiger partial charge in [0.25, 0.3) is 0 Å². The zero-order valence-corrected chi connectivity index (χ0v) is 17.1. The number of fused-ring (bicyclic) bond motifs is 3. The summed E-state index contributed by atoms with van der Waals surface area (Å²) in [5, 5.41) is 9.56. The molecule has 0 bridgehead atoms. The molecule has 152 valence electrons. The summed E-state index contributed by atoms with van der Waals surface area (Å²) in [4.78, 5) is 15.8. The maximum Gasteiger partial charge on any atom is 0.407 e. The molecule has 3 aliphatic rings. The highest BCUT2D eigenvalue weighted by Gasteiger charge is 2.44. The minimum atomic E-state index is -0.794. The van der Waals surface area contributed by atoms with E-state index in [4.69, 9.17) is 4.74 Å². The molecule has 2 aromatic carbocycles. The number of carboxylic acid groups (broad SMARTS) is 1. The van der Waals surface area contributed by atoms with Crippen LogP contribution in [-0.4, -0.2) is 48.9 Å². The van der Waals surface area contributed by atoms with E-state index in [9.17, 15) is 9.90 Å². The van der Waals surface area contributed by atoms with E-state index in [1.165, 1.54) is 46.3 Å². The fourth-order valence-corrected chi connectivity index (χ4v) is 5.62. The zero-order chi connectivity index (χ0) is 20.1. The third-order valence-electron chi connectivity index (χ3n) is 6.99. The van der Waals surface area contributed by atoms with Crippen molar-refractivity contribution in [2.24, 2.45) is 0 Å². The van der Waals surface area contributed by atoms with Crippen molar-refractivity contribution in [3.63, 3.8) is 0 Å². The van der Waals surface area contributed by atoms with E-state index in [-0.39, 0.29) is 5.92 Å². The number of benzene rings is 2. The first-order chi connectivity index (χ1) is 14.1. The van der Waals surface area contributed by atoms with E-state index >= 15 is 0 Å². The summed E-state index contributed by atoms with van der Waals surface area (Å²) in [6.45, 7) is 4.47. The molecule has 5 heteroatoms. The Bertz CT molecular complexity index is 971. The van der Waals surface area contributed by atoms with E-state index in [0.29, 0.717) is 19.1 Å². The molecule has 0 aromatic heterocycles. The molecule has 5 nitrogen and oxygen atoms in total. The van der Waals surface area contributed by atoms with Crippen LogP contribution in [0.4, 0.5) is 10.5 Å². The van der Waals surface area contributed by atoms with Gasteiger partial charge >= 0.3 is 6.09 Å². The summed E-state index contributed by atoms with van der Waals surface area (Å²) in [6, 6.07) is 11.4. The molecule has 1 N–H and O–H groups in total. The zero-order valence-electron chi connectivity index (χ0n) is 17.1. The molecule has 1 amide bonds. The van der Waals surface area contributed by atoms with Crippen molar-refractivity contribution in [2.45, 2.75) is 44.6 Å². The highest BCUT2D eigenvalue weighted by atomic mass is 16.5. The summed E-state index contributed by atoms with van der Waals surface area (Å²) < 4.78 is 5.38. The number of anilines is 1. The molecule has 2 atom stereocenters. The van der Waals surface area contributed by atoms with Gasteiger partial charge in [-0.25, -0.2) is 4.79 Å². The quantitative estimate of drug-likeness (QED) is 0.807.